The summed E-state index contributed by atoms with van der Waals surface area (Å²) in [5.74, 6) is 1.17. The molecule has 7 heteroatoms. The van der Waals surface area contributed by atoms with Crippen LogP contribution in [-0.2, 0) is 18.3 Å². The van der Waals surface area contributed by atoms with Crippen LogP contribution in [0.4, 0.5) is 0 Å². The molecule has 1 aromatic heterocycles. The minimum Gasteiger partial charge on any atom is -0.370 e. The van der Waals surface area contributed by atoms with E-state index >= 15 is 0 Å². The number of Topliss-reactive ketones (excluding diaryl/α,β-unsaturated/α-hetero) is 1. The molecule has 0 aliphatic carbocycles. The predicted octanol–water partition coefficient (Wildman–Crippen LogP) is 2.72. The minimum atomic E-state index is -0.367. The number of thioether (sulfide) groups is 1. The fourth-order valence-electron chi connectivity index (χ4n) is 2.37. The number of carbonyl (C=O) groups excluding carboxylic acids is 2. The summed E-state index contributed by atoms with van der Waals surface area (Å²) in [5, 5.41) is 8.79. The molecular formula is C18H24N4O2S. The van der Waals surface area contributed by atoms with Crippen LogP contribution >= 0.6 is 11.8 Å². The first-order valence-corrected chi connectivity index (χ1v) is 9.33. The first-order chi connectivity index (χ1) is 11.9. The first-order valence-electron chi connectivity index (χ1n) is 8.34. The lowest BCUT2D eigenvalue weighted by molar-refractivity contribution is -0.118. The molecule has 2 rings (SSSR count). The van der Waals surface area contributed by atoms with E-state index in [2.05, 4.69) is 24.0 Å². The van der Waals surface area contributed by atoms with Crippen LogP contribution in [0.25, 0.3) is 0 Å². The summed E-state index contributed by atoms with van der Waals surface area (Å²) in [6.45, 7) is 4.33. The lowest BCUT2D eigenvalue weighted by Crippen LogP contribution is -2.13. The van der Waals surface area contributed by atoms with Crippen molar-refractivity contribution in [2.24, 2.45) is 12.8 Å². The molecule has 0 saturated carbocycles. The van der Waals surface area contributed by atoms with Crippen molar-refractivity contribution in [2.45, 2.75) is 44.2 Å². The van der Waals surface area contributed by atoms with E-state index in [4.69, 9.17) is 5.73 Å². The number of hydrogen-bond acceptors (Lipinski definition) is 5. The maximum Gasteiger partial charge on any atom is 0.217 e. The van der Waals surface area contributed by atoms with Crippen molar-refractivity contribution >= 4 is 23.5 Å². The van der Waals surface area contributed by atoms with Crippen LogP contribution in [0.1, 0.15) is 54.4 Å². The van der Waals surface area contributed by atoms with E-state index in [0.717, 1.165) is 6.42 Å². The molecule has 0 unspecified atom stereocenters. The zero-order valence-corrected chi connectivity index (χ0v) is 15.7. The van der Waals surface area contributed by atoms with Crippen molar-refractivity contribution < 1.29 is 9.59 Å². The average Bonchev–Trinajstić information content (AvgIpc) is 2.97. The molecule has 0 radical (unpaired) electrons. The maximum absolute atomic E-state index is 12.4. The van der Waals surface area contributed by atoms with Crippen LogP contribution < -0.4 is 5.73 Å². The molecule has 0 spiro atoms. The van der Waals surface area contributed by atoms with Crippen LogP contribution in [0, 0.1) is 0 Å². The van der Waals surface area contributed by atoms with Gasteiger partial charge in [-0.05, 0) is 17.9 Å². The highest BCUT2D eigenvalue weighted by atomic mass is 32.2. The molecule has 0 aliphatic rings. The van der Waals surface area contributed by atoms with Crippen molar-refractivity contribution in [1.82, 2.24) is 14.8 Å². The van der Waals surface area contributed by atoms with Gasteiger partial charge in [-0.15, -0.1) is 10.2 Å². The molecule has 1 atom stereocenters. The molecule has 2 aromatic rings. The fraction of sp³-hybridized carbons (Fsp3) is 0.444. The SMILES string of the molecule is CC[C@@H](C)c1ccc(C(=O)CSc2nnc(CCC(N)=O)n2C)cc1. The summed E-state index contributed by atoms with van der Waals surface area (Å²) in [4.78, 5) is 23.2. The lowest BCUT2D eigenvalue weighted by atomic mass is 9.97. The van der Waals surface area contributed by atoms with Gasteiger partial charge in [-0.2, -0.15) is 0 Å². The Bertz CT molecular complexity index is 740. The van der Waals surface area contributed by atoms with Gasteiger partial charge in [-0.3, -0.25) is 9.59 Å². The Labute approximate surface area is 152 Å². The Morgan fingerprint density at radius 1 is 1.24 bits per heavy atom. The Kier molecular flexibility index (Phi) is 6.75. The zero-order chi connectivity index (χ0) is 18.4. The van der Waals surface area contributed by atoms with E-state index < -0.39 is 0 Å². The van der Waals surface area contributed by atoms with Gasteiger partial charge in [-0.1, -0.05) is 49.9 Å². The number of aromatic nitrogens is 3. The number of ketones is 1. The molecule has 0 saturated heterocycles. The summed E-state index contributed by atoms with van der Waals surface area (Å²) in [7, 11) is 1.82. The maximum atomic E-state index is 12.4. The lowest BCUT2D eigenvalue weighted by Gasteiger charge is -2.09. The number of benzene rings is 1. The molecule has 25 heavy (non-hydrogen) atoms. The number of nitrogens with zero attached hydrogens (tertiary/aromatic N) is 3. The number of primary amides is 1. The highest BCUT2D eigenvalue weighted by Gasteiger charge is 2.13. The number of nitrogens with two attached hydrogens (primary N) is 1. The van der Waals surface area contributed by atoms with Crippen LogP contribution in [0.5, 0.6) is 0 Å². The molecule has 0 aliphatic heterocycles. The Morgan fingerprint density at radius 2 is 1.92 bits per heavy atom. The fourth-order valence-corrected chi connectivity index (χ4v) is 3.19. The second-order valence-electron chi connectivity index (χ2n) is 6.07. The highest BCUT2D eigenvalue weighted by molar-refractivity contribution is 7.99. The third-order valence-electron chi connectivity index (χ3n) is 4.27. The summed E-state index contributed by atoms with van der Waals surface area (Å²) in [6, 6.07) is 7.82. The van der Waals surface area contributed by atoms with Crippen molar-refractivity contribution in [3.05, 3.63) is 41.2 Å². The monoisotopic (exact) mass is 360 g/mol. The van der Waals surface area contributed by atoms with Gasteiger partial charge < -0.3 is 10.3 Å². The summed E-state index contributed by atoms with van der Waals surface area (Å²) >= 11 is 1.34. The predicted molar refractivity (Wildman–Crippen MR) is 98.7 cm³/mol. The smallest absolute Gasteiger partial charge is 0.217 e. The number of carbonyl (C=O) groups is 2. The largest absolute Gasteiger partial charge is 0.370 e. The second-order valence-corrected chi connectivity index (χ2v) is 7.01. The van der Waals surface area contributed by atoms with Crippen molar-refractivity contribution in [1.29, 1.82) is 0 Å². The third-order valence-corrected chi connectivity index (χ3v) is 5.29. The number of amides is 1. The van der Waals surface area contributed by atoms with Crippen LogP contribution in [0.2, 0.25) is 0 Å². The normalized spacial score (nSPS) is 12.1. The summed E-state index contributed by atoms with van der Waals surface area (Å²) in [5.41, 5.74) is 7.11. The van der Waals surface area contributed by atoms with Crippen LogP contribution in [0.3, 0.4) is 0 Å². The van der Waals surface area contributed by atoms with Gasteiger partial charge in [0.05, 0.1) is 5.75 Å². The van der Waals surface area contributed by atoms with Gasteiger partial charge in [0.1, 0.15) is 5.82 Å². The van der Waals surface area contributed by atoms with E-state index in [1.54, 1.807) is 4.57 Å². The molecule has 0 fully saturated rings. The number of rotatable bonds is 9. The molecule has 1 aromatic carbocycles. The van der Waals surface area contributed by atoms with Gasteiger partial charge in [0.25, 0.3) is 0 Å². The van der Waals surface area contributed by atoms with E-state index in [0.29, 0.717) is 34.6 Å². The van der Waals surface area contributed by atoms with Crippen molar-refractivity contribution in [3.63, 3.8) is 0 Å². The molecule has 2 N–H and O–H groups in total. The Hall–Kier alpha value is -2.15. The van der Waals surface area contributed by atoms with Crippen LogP contribution in [-0.4, -0.2) is 32.2 Å². The Morgan fingerprint density at radius 3 is 2.52 bits per heavy atom. The Balaban J connectivity index is 1.94. The molecule has 1 amide bonds. The number of aryl methyl sites for hydroxylation is 1. The number of hydrogen-bond donors (Lipinski definition) is 1. The summed E-state index contributed by atoms with van der Waals surface area (Å²) in [6.07, 6.45) is 1.76. The van der Waals surface area contributed by atoms with E-state index in [1.807, 2.05) is 31.3 Å². The first kappa shape index (κ1) is 19.2. The quantitative estimate of drug-likeness (QED) is 0.548. The standard InChI is InChI=1S/C18H24N4O2S/c1-4-12(2)13-5-7-14(8-6-13)15(23)11-25-18-21-20-17(22(18)3)10-9-16(19)24/h5-8,12H,4,9-11H2,1-3H3,(H2,19,24)/t12-/m1/s1. The van der Waals surface area contributed by atoms with Crippen LogP contribution in [0.15, 0.2) is 29.4 Å². The highest BCUT2D eigenvalue weighted by Crippen LogP contribution is 2.21. The third kappa shape index (κ3) is 5.16. The summed E-state index contributed by atoms with van der Waals surface area (Å²) < 4.78 is 1.80. The van der Waals surface area contributed by atoms with Gasteiger partial charge in [-0.25, -0.2) is 0 Å². The molecular weight excluding hydrogens is 336 g/mol. The van der Waals surface area contributed by atoms with E-state index in [-0.39, 0.29) is 18.1 Å². The van der Waals surface area contributed by atoms with Gasteiger partial charge in [0.2, 0.25) is 5.91 Å². The van der Waals surface area contributed by atoms with Crippen molar-refractivity contribution in [3.8, 4) is 0 Å². The molecule has 0 bridgehead atoms. The van der Waals surface area contributed by atoms with Gasteiger partial charge >= 0.3 is 0 Å². The molecule has 1 heterocycles. The molecule has 6 nitrogen and oxygen atoms in total. The molecule has 134 valence electrons. The van der Waals surface area contributed by atoms with Gasteiger partial charge in [0, 0.05) is 25.5 Å². The second kappa shape index (κ2) is 8.80. The minimum absolute atomic E-state index is 0.0578. The zero-order valence-electron chi connectivity index (χ0n) is 14.9. The topological polar surface area (TPSA) is 90.9 Å². The van der Waals surface area contributed by atoms with E-state index in [1.165, 1.54) is 17.3 Å². The van der Waals surface area contributed by atoms with Crippen molar-refractivity contribution in [2.75, 3.05) is 5.75 Å². The van der Waals surface area contributed by atoms with E-state index in [9.17, 15) is 9.59 Å². The average molecular weight is 360 g/mol. The van der Waals surface area contributed by atoms with Gasteiger partial charge in [0.15, 0.2) is 10.9 Å².